The van der Waals surface area contributed by atoms with Crippen LogP contribution < -0.4 is 10.6 Å². The number of carbonyl (C=O) groups excluding carboxylic acids is 1. The van der Waals surface area contributed by atoms with E-state index in [4.69, 9.17) is 4.74 Å². The first-order valence-corrected chi connectivity index (χ1v) is 5.30. The van der Waals surface area contributed by atoms with Gasteiger partial charge in [-0.05, 0) is 19.7 Å². The summed E-state index contributed by atoms with van der Waals surface area (Å²) in [6, 6.07) is 9.34. The molecule has 16 heavy (non-hydrogen) atoms. The molecule has 0 spiro atoms. The van der Waals surface area contributed by atoms with Gasteiger partial charge in [0, 0.05) is 6.54 Å². The largest absolute Gasteiger partial charge is 0.460 e. The molecule has 0 heterocycles. The third kappa shape index (κ3) is 4.00. The molecule has 0 bridgehead atoms. The lowest BCUT2D eigenvalue weighted by atomic mass is 10.2. The van der Waals surface area contributed by atoms with Crippen molar-refractivity contribution in [3.05, 3.63) is 35.9 Å². The first-order chi connectivity index (χ1) is 7.77. The van der Waals surface area contributed by atoms with E-state index in [0.717, 1.165) is 5.56 Å². The van der Waals surface area contributed by atoms with Crippen LogP contribution in [0.2, 0.25) is 0 Å². The average molecular weight is 222 g/mol. The van der Waals surface area contributed by atoms with Gasteiger partial charge in [-0.1, -0.05) is 30.3 Å². The van der Waals surface area contributed by atoms with Crippen LogP contribution in [0.5, 0.6) is 0 Å². The predicted octanol–water partition coefficient (Wildman–Crippen LogP) is 0.537. The minimum absolute atomic E-state index is 0.235. The maximum atomic E-state index is 11.6. The first-order valence-electron chi connectivity index (χ1n) is 5.30. The Kier molecular flexibility index (Phi) is 5.53. The molecule has 4 nitrogen and oxygen atoms in total. The zero-order valence-electron chi connectivity index (χ0n) is 9.69. The van der Waals surface area contributed by atoms with Crippen LogP contribution in [0.1, 0.15) is 5.56 Å². The summed E-state index contributed by atoms with van der Waals surface area (Å²) in [6.07, 6.45) is 0. The summed E-state index contributed by atoms with van der Waals surface area (Å²) in [7, 11) is 3.54. The molecule has 1 aromatic rings. The van der Waals surface area contributed by atoms with E-state index in [1.165, 1.54) is 0 Å². The average Bonchev–Trinajstić information content (AvgIpc) is 2.34. The zero-order chi connectivity index (χ0) is 11.8. The quantitative estimate of drug-likeness (QED) is 0.690. The maximum Gasteiger partial charge on any atom is 0.324 e. The molecule has 0 amide bonds. The van der Waals surface area contributed by atoms with Gasteiger partial charge in [-0.2, -0.15) is 0 Å². The minimum atomic E-state index is -0.297. The van der Waals surface area contributed by atoms with E-state index in [9.17, 15) is 4.79 Å². The van der Waals surface area contributed by atoms with E-state index in [1.54, 1.807) is 14.1 Å². The molecule has 0 aliphatic carbocycles. The second kappa shape index (κ2) is 6.98. The van der Waals surface area contributed by atoms with Gasteiger partial charge in [0.25, 0.3) is 0 Å². The lowest BCUT2D eigenvalue weighted by molar-refractivity contribution is -0.147. The molecule has 0 saturated carbocycles. The van der Waals surface area contributed by atoms with Crippen molar-refractivity contribution in [3.8, 4) is 0 Å². The number of nitrogens with one attached hydrogen (secondary N) is 2. The Hall–Kier alpha value is -1.39. The topological polar surface area (TPSA) is 50.4 Å². The van der Waals surface area contributed by atoms with Crippen LogP contribution in [0.4, 0.5) is 0 Å². The second-order valence-electron chi connectivity index (χ2n) is 3.49. The SMILES string of the molecule is CNCC(NC)C(=O)OCc1ccccc1. The van der Waals surface area contributed by atoms with E-state index in [2.05, 4.69) is 10.6 Å². The number of likely N-dealkylation sites (N-methyl/N-ethyl adjacent to an activating group) is 2. The summed E-state index contributed by atoms with van der Waals surface area (Å²) in [5, 5.41) is 5.84. The Morgan fingerprint density at radius 3 is 2.56 bits per heavy atom. The molecule has 0 aliphatic heterocycles. The highest BCUT2D eigenvalue weighted by Crippen LogP contribution is 2.01. The van der Waals surface area contributed by atoms with Crippen molar-refractivity contribution in [2.45, 2.75) is 12.6 Å². The van der Waals surface area contributed by atoms with Crippen molar-refractivity contribution >= 4 is 5.97 Å². The van der Waals surface area contributed by atoms with Gasteiger partial charge in [0.1, 0.15) is 12.6 Å². The molecule has 1 unspecified atom stereocenters. The van der Waals surface area contributed by atoms with Gasteiger partial charge in [0.05, 0.1) is 0 Å². The summed E-state index contributed by atoms with van der Waals surface area (Å²) < 4.78 is 5.19. The van der Waals surface area contributed by atoms with Crippen LogP contribution in [-0.4, -0.2) is 32.7 Å². The predicted molar refractivity (Wildman–Crippen MR) is 63.0 cm³/mol. The molecule has 0 fully saturated rings. The lowest BCUT2D eigenvalue weighted by Gasteiger charge is -2.14. The van der Waals surface area contributed by atoms with Crippen LogP contribution in [0, 0.1) is 0 Å². The molecule has 0 aromatic heterocycles. The summed E-state index contributed by atoms with van der Waals surface area (Å²) in [5.74, 6) is -0.235. The Labute approximate surface area is 96.0 Å². The number of hydrogen-bond acceptors (Lipinski definition) is 4. The summed E-state index contributed by atoms with van der Waals surface area (Å²) in [6.45, 7) is 0.881. The summed E-state index contributed by atoms with van der Waals surface area (Å²) in [5.41, 5.74) is 0.996. The maximum absolute atomic E-state index is 11.6. The monoisotopic (exact) mass is 222 g/mol. The van der Waals surface area contributed by atoms with Gasteiger partial charge in [0.15, 0.2) is 0 Å². The fraction of sp³-hybridized carbons (Fsp3) is 0.417. The molecule has 0 saturated heterocycles. The number of hydrogen-bond donors (Lipinski definition) is 2. The Morgan fingerprint density at radius 2 is 2.00 bits per heavy atom. The van der Waals surface area contributed by atoms with E-state index >= 15 is 0 Å². The van der Waals surface area contributed by atoms with Crippen molar-refractivity contribution in [1.29, 1.82) is 0 Å². The van der Waals surface area contributed by atoms with Crippen LogP contribution in [0.3, 0.4) is 0 Å². The summed E-state index contributed by atoms with van der Waals surface area (Å²) in [4.78, 5) is 11.6. The van der Waals surface area contributed by atoms with Gasteiger partial charge in [-0.3, -0.25) is 4.79 Å². The number of carbonyl (C=O) groups is 1. The Balaban J connectivity index is 2.40. The van der Waals surface area contributed by atoms with Gasteiger partial charge >= 0.3 is 5.97 Å². The smallest absolute Gasteiger partial charge is 0.324 e. The normalized spacial score (nSPS) is 12.1. The van der Waals surface area contributed by atoms with E-state index in [0.29, 0.717) is 13.2 Å². The molecule has 0 radical (unpaired) electrons. The minimum Gasteiger partial charge on any atom is -0.460 e. The number of ether oxygens (including phenoxy) is 1. The van der Waals surface area contributed by atoms with Crippen molar-refractivity contribution < 1.29 is 9.53 Å². The van der Waals surface area contributed by atoms with Gasteiger partial charge in [-0.25, -0.2) is 0 Å². The lowest BCUT2D eigenvalue weighted by Crippen LogP contribution is -2.42. The third-order valence-electron chi connectivity index (χ3n) is 2.27. The van der Waals surface area contributed by atoms with Crippen molar-refractivity contribution in [1.82, 2.24) is 10.6 Å². The highest BCUT2D eigenvalue weighted by atomic mass is 16.5. The second-order valence-corrected chi connectivity index (χ2v) is 3.49. The number of esters is 1. The molecule has 1 atom stereocenters. The number of rotatable bonds is 6. The molecule has 4 heteroatoms. The Morgan fingerprint density at radius 1 is 1.31 bits per heavy atom. The fourth-order valence-corrected chi connectivity index (χ4v) is 1.34. The van der Waals surface area contributed by atoms with Gasteiger partial charge < -0.3 is 15.4 Å². The summed E-state index contributed by atoms with van der Waals surface area (Å²) >= 11 is 0. The number of benzene rings is 1. The van der Waals surface area contributed by atoms with Crippen LogP contribution >= 0.6 is 0 Å². The first kappa shape index (κ1) is 12.7. The highest BCUT2D eigenvalue weighted by Gasteiger charge is 2.16. The van der Waals surface area contributed by atoms with E-state index < -0.39 is 0 Å². The third-order valence-corrected chi connectivity index (χ3v) is 2.27. The molecular formula is C12H18N2O2. The molecular weight excluding hydrogens is 204 g/mol. The van der Waals surface area contributed by atoms with Crippen LogP contribution in [0.15, 0.2) is 30.3 Å². The van der Waals surface area contributed by atoms with Crippen LogP contribution in [-0.2, 0) is 16.1 Å². The molecule has 1 aromatic carbocycles. The molecule has 88 valence electrons. The van der Waals surface area contributed by atoms with Gasteiger partial charge in [0.2, 0.25) is 0 Å². The molecule has 0 aliphatic rings. The van der Waals surface area contributed by atoms with Gasteiger partial charge in [-0.15, -0.1) is 0 Å². The van der Waals surface area contributed by atoms with Crippen molar-refractivity contribution in [2.24, 2.45) is 0 Å². The Bertz CT molecular complexity index is 314. The molecule has 1 rings (SSSR count). The standard InChI is InChI=1S/C12H18N2O2/c1-13-8-11(14-2)12(15)16-9-10-6-4-3-5-7-10/h3-7,11,13-14H,8-9H2,1-2H3. The van der Waals surface area contributed by atoms with Crippen molar-refractivity contribution in [2.75, 3.05) is 20.6 Å². The van der Waals surface area contributed by atoms with Crippen LogP contribution in [0.25, 0.3) is 0 Å². The van der Waals surface area contributed by atoms with E-state index in [-0.39, 0.29) is 12.0 Å². The highest BCUT2D eigenvalue weighted by molar-refractivity contribution is 5.76. The van der Waals surface area contributed by atoms with Crippen molar-refractivity contribution in [3.63, 3.8) is 0 Å². The zero-order valence-corrected chi connectivity index (χ0v) is 9.69. The molecule has 2 N–H and O–H groups in total. The van der Waals surface area contributed by atoms with E-state index in [1.807, 2.05) is 30.3 Å². The fourth-order valence-electron chi connectivity index (χ4n) is 1.34.